The molecule has 0 radical (unpaired) electrons. The topological polar surface area (TPSA) is 82.7 Å². The average Bonchev–Trinajstić information content (AvgIpc) is 2.77. The van der Waals surface area contributed by atoms with E-state index in [1.807, 2.05) is 6.07 Å². The molecule has 0 aliphatic heterocycles. The van der Waals surface area contributed by atoms with Crippen LogP contribution in [0.5, 0.6) is 17.2 Å². The molecule has 1 heterocycles. The lowest BCUT2D eigenvalue weighted by Gasteiger charge is -2.26. The summed E-state index contributed by atoms with van der Waals surface area (Å²) in [5.41, 5.74) is 0.604. The maximum Gasteiger partial charge on any atom is 0.332 e. The Morgan fingerprint density at radius 1 is 0.967 bits per heavy atom. The zero-order valence-corrected chi connectivity index (χ0v) is 17.3. The van der Waals surface area contributed by atoms with E-state index in [4.69, 9.17) is 9.47 Å². The molecule has 0 saturated heterocycles. The van der Waals surface area contributed by atoms with Crippen molar-refractivity contribution in [2.45, 2.75) is 44.7 Å². The summed E-state index contributed by atoms with van der Waals surface area (Å²) in [6, 6.07) is 10.0. The second kappa shape index (κ2) is 8.26. The van der Waals surface area contributed by atoms with Gasteiger partial charge in [0.05, 0.1) is 31.7 Å². The lowest BCUT2D eigenvalue weighted by atomic mass is 9.95. The molecule has 1 aliphatic rings. The predicted octanol–water partition coefficient (Wildman–Crippen LogP) is 3.44. The van der Waals surface area contributed by atoms with E-state index in [1.165, 1.54) is 16.7 Å². The van der Waals surface area contributed by atoms with Crippen LogP contribution < -0.4 is 20.7 Å². The van der Waals surface area contributed by atoms with E-state index in [2.05, 4.69) is 0 Å². The quantitative estimate of drug-likeness (QED) is 0.697. The van der Waals surface area contributed by atoms with E-state index in [0.717, 1.165) is 37.7 Å². The van der Waals surface area contributed by atoms with Gasteiger partial charge >= 0.3 is 5.69 Å². The average molecular weight is 410 g/mol. The van der Waals surface area contributed by atoms with Gasteiger partial charge < -0.3 is 14.6 Å². The van der Waals surface area contributed by atoms with Gasteiger partial charge in [0.2, 0.25) is 0 Å². The number of phenols is 1. The van der Waals surface area contributed by atoms with Crippen molar-refractivity contribution in [1.29, 1.82) is 0 Å². The van der Waals surface area contributed by atoms with Gasteiger partial charge in [-0.2, -0.15) is 0 Å². The summed E-state index contributed by atoms with van der Waals surface area (Å²) in [5.74, 6) is 1.12. The molecule has 0 unspecified atom stereocenters. The molecule has 1 aromatic heterocycles. The second-order valence-electron chi connectivity index (χ2n) is 7.73. The number of ether oxygens (including phenoxy) is 2. The Hall–Kier alpha value is -3.22. The van der Waals surface area contributed by atoms with Gasteiger partial charge in [-0.25, -0.2) is 4.79 Å². The molecule has 1 saturated carbocycles. The van der Waals surface area contributed by atoms with Crippen molar-refractivity contribution >= 4 is 10.9 Å². The van der Waals surface area contributed by atoms with Crippen LogP contribution >= 0.6 is 0 Å². The van der Waals surface area contributed by atoms with Gasteiger partial charge in [0.15, 0.2) is 11.5 Å². The molecule has 7 heteroatoms. The normalized spacial score (nSPS) is 14.7. The first-order valence-electron chi connectivity index (χ1n) is 10.2. The van der Waals surface area contributed by atoms with Gasteiger partial charge in [0, 0.05) is 6.04 Å². The fourth-order valence-corrected chi connectivity index (χ4v) is 4.36. The van der Waals surface area contributed by atoms with Crippen LogP contribution in [0.3, 0.4) is 0 Å². The number of phenolic OH excluding ortho intramolecular Hbond substituents is 1. The van der Waals surface area contributed by atoms with Crippen molar-refractivity contribution < 1.29 is 14.6 Å². The van der Waals surface area contributed by atoms with Crippen LogP contribution in [0.4, 0.5) is 0 Å². The van der Waals surface area contributed by atoms with E-state index in [-0.39, 0.29) is 24.0 Å². The molecule has 1 N–H and O–H groups in total. The first-order chi connectivity index (χ1) is 14.5. The third kappa shape index (κ3) is 3.56. The number of hydrogen-bond donors (Lipinski definition) is 1. The number of methoxy groups -OCH3 is 2. The summed E-state index contributed by atoms with van der Waals surface area (Å²) in [6.07, 6.45) is 5.10. The van der Waals surface area contributed by atoms with E-state index in [1.54, 1.807) is 37.0 Å². The number of aromatic nitrogens is 2. The van der Waals surface area contributed by atoms with Crippen molar-refractivity contribution in [3.8, 4) is 17.2 Å². The highest BCUT2D eigenvalue weighted by atomic mass is 16.5. The molecular formula is C23H26N2O5. The van der Waals surface area contributed by atoms with Crippen molar-refractivity contribution in [3.63, 3.8) is 0 Å². The number of benzene rings is 2. The highest BCUT2D eigenvalue weighted by molar-refractivity contribution is 5.79. The number of hydrogen-bond acceptors (Lipinski definition) is 5. The molecule has 0 spiro atoms. The molecule has 158 valence electrons. The van der Waals surface area contributed by atoms with E-state index >= 15 is 0 Å². The maximum atomic E-state index is 13.5. The third-order valence-corrected chi connectivity index (χ3v) is 5.88. The van der Waals surface area contributed by atoms with Crippen LogP contribution in [0.15, 0.2) is 46.0 Å². The molecule has 0 atom stereocenters. The van der Waals surface area contributed by atoms with Crippen molar-refractivity contribution in [2.75, 3.05) is 14.2 Å². The summed E-state index contributed by atoms with van der Waals surface area (Å²) in [7, 11) is 3.10. The SMILES string of the molecule is COc1ccc(Cn2c(=O)c3cc(O)ccc3n(C3CCCCC3)c2=O)cc1OC. The van der Waals surface area contributed by atoms with Crippen LogP contribution in [-0.4, -0.2) is 28.5 Å². The molecular weight excluding hydrogens is 384 g/mol. The predicted molar refractivity (Wildman–Crippen MR) is 115 cm³/mol. The Bertz CT molecular complexity index is 1190. The summed E-state index contributed by atoms with van der Waals surface area (Å²) in [5, 5.41) is 10.3. The molecule has 0 amide bonds. The third-order valence-electron chi connectivity index (χ3n) is 5.88. The largest absolute Gasteiger partial charge is 0.508 e. The highest BCUT2D eigenvalue weighted by Gasteiger charge is 2.22. The fourth-order valence-electron chi connectivity index (χ4n) is 4.36. The Morgan fingerprint density at radius 2 is 1.70 bits per heavy atom. The number of aromatic hydroxyl groups is 1. The number of rotatable bonds is 5. The lowest BCUT2D eigenvalue weighted by Crippen LogP contribution is -2.42. The summed E-state index contributed by atoms with van der Waals surface area (Å²) >= 11 is 0. The minimum absolute atomic E-state index is 0.00566. The summed E-state index contributed by atoms with van der Waals surface area (Å²) in [4.78, 5) is 26.7. The van der Waals surface area contributed by atoms with Gasteiger partial charge in [-0.1, -0.05) is 25.3 Å². The monoisotopic (exact) mass is 410 g/mol. The zero-order valence-electron chi connectivity index (χ0n) is 17.3. The van der Waals surface area contributed by atoms with E-state index in [9.17, 15) is 14.7 Å². The van der Waals surface area contributed by atoms with Gasteiger partial charge in [-0.05, 0) is 48.7 Å². The van der Waals surface area contributed by atoms with E-state index in [0.29, 0.717) is 22.4 Å². The van der Waals surface area contributed by atoms with Crippen molar-refractivity contribution in [1.82, 2.24) is 9.13 Å². The highest BCUT2D eigenvalue weighted by Crippen LogP contribution is 2.30. The van der Waals surface area contributed by atoms with Crippen LogP contribution in [0.1, 0.15) is 43.7 Å². The first kappa shape index (κ1) is 20.1. The maximum absolute atomic E-state index is 13.5. The first-order valence-corrected chi connectivity index (χ1v) is 10.2. The molecule has 3 aromatic rings. The Kier molecular flexibility index (Phi) is 5.53. The fraction of sp³-hybridized carbons (Fsp3) is 0.391. The smallest absolute Gasteiger partial charge is 0.332 e. The van der Waals surface area contributed by atoms with Crippen LogP contribution in [-0.2, 0) is 6.54 Å². The standard InChI is InChI=1S/C23H26N2O5/c1-29-20-11-8-15(12-21(20)30-2)14-24-22(27)18-13-17(26)9-10-19(18)25(23(24)28)16-6-4-3-5-7-16/h8-13,16,26H,3-7,14H2,1-2H3. The summed E-state index contributed by atoms with van der Waals surface area (Å²) < 4.78 is 13.6. The van der Waals surface area contributed by atoms with Crippen molar-refractivity contribution in [2.24, 2.45) is 0 Å². The molecule has 1 fully saturated rings. The van der Waals surface area contributed by atoms with Crippen LogP contribution in [0, 0.1) is 0 Å². The minimum atomic E-state index is -0.409. The molecule has 4 rings (SSSR count). The van der Waals surface area contributed by atoms with Crippen LogP contribution in [0.25, 0.3) is 10.9 Å². The molecule has 30 heavy (non-hydrogen) atoms. The van der Waals surface area contributed by atoms with Gasteiger partial charge in [-0.3, -0.25) is 13.9 Å². The Labute approximate surface area is 174 Å². The van der Waals surface area contributed by atoms with E-state index < -0.39 is 5.56 Å². The van der Waals surface area contributed by atoms with Gasteiger partial charge in [0.25, 0.3) is 5.56 Å². The Morgan fingerprint density at radius 3 is 2.40 bits per heavy atom. The Balaban J connectivity index is 1.89. The zero-order chi connectivity index (χ0) is 21.3. The van der Waals surface area contributed by atoms with Gasteiger partial charge in [0.1, 0.15) is 5.75 Å². The number of nitrogens with zero attached hydrogens (tertiary/aromatic N) is 2. The molecule has 7 nitrogen and oxygen atoms in total. The second-order valence-corrected chi connectivity index (χ2v) is 7.73. The molecule has 0 bridgehead atoms. The molecule has 1 aliphatic carbocycles. The minimum Gasteiger partial charge on any atom is -0.508 e. The number of fused-ring (bicyclic) bond motifs is 1. The molecule has 2 aromatic carbocycles. The summed E-state index contributed by atoms with van der Waals surface area (Å²) in [6.45, 7) is 0.107. The lowest BCUT2D eigenvalue weighted by molar-refractivity contribution is 0.344. The van der Waals surface area contributed by atoms with Gasteiger partial charge in [-0.15, -0.1) is 0 Å². The van der Waals surface area contributed by atoms with Crippen LogP contribution in [0.2, 0.25) is 0 Å². The van der Waals surface area contributed by atoms with Crippen molar-refractivity contribution in [3.05, 3.63) is 62.8 Å².